The van der Waals surface area contributed by atoms with Crippen molar-refractivity contribution in [3.05, 3.63) is 59.2 Å². The van der Waals surface area contributed by atoms with Gasteiger partial charge >= 0.3 is 0 Å². The maximum absolute atomic E-state index is 12.6. The number of aromatic nitrogens is 3. The van der Waals surface area contributed by atoms with Gasteiger partial charge in [0.05, 0.1) is 5.25 Å². The molecule has 4 rings (SSSR count). The lowest BCUT2D eigenvalue weighted by Gasteiger charge is -2.12. The molecular weight excluding hydrogens is 370 g/mol. The van der Waals surface area contributed by atoms with Gasteiger partial charge in [-0.1, -0.05) is 47.7 Å². The highest BCUT2D eigenvalue weighted by Crippen LogP contribution is 2.27. The van der Waals surface area contributed by atoms with E-state index in [9.17, 15) is 4.79 Å². The number of hydrogen-bond donors (Lipinski definition) is 2. The molecule has 1 atom stereocenters. The van der Waals surface area contributed by atoms with Crippen molar-refractivity contribution < 1.29 is 4.79 Å². The van der Waals surface area contributed by atoms with Crippen molar-refractivity contribution in [3.8, 4) is 11.4 Å². The third-order valence-corrected chi connectivity index (χ3v) is 6.05. The summed E-state index contributed by atoms with van der Waals surface area (Å²) in [7, 11) is 0. The number of fused-ring (bicyclic) bond motifs is 1. The molecule has 1 amide bonds. The third-order valence-electron chi connectivity index (χ3n) is 4.99. The van der Waals surface area contributed by atoms with Crippen LogP contribution in [0.5, 0.6) is 0 Å². The third kappa shape index (κ3) is 3.75. The van der Waals surface area contributed by atoms with Crippen LogP contribution in [-0.4, -0.2) is 26.0 Å². The lowest BCUT2D eigenvalue weighted by atomic mass is 10.1. The van der Waals surface area contributed by atoms with E-state index < -0.39 is 0 Å². The Labute approximate surface area is 168 Å². The minimum atomic E-state index is -0.356. The van der Waals surface area contributed by atoms with Gasteiger partial charge in [-0.3, -0.25) is 4.79 Å². The number of carbonyl (C=O) groups excluding carboxylic acids is 1. The summed E-state index contributed by atoms with van der Waals surface area (Å²) in [4.78, 5) is 12.6. The number of nitrogens with one attached hydrogen (secondary N) is 1. The predicted molar refractivity (Wildman–Crippen MR) is 113 cm³/mol. The smallest absolute Gasteiger partial charge is 0.237 e. The number of nitrogens with two attached hydrogens (primary N) is 1. The molecule has 2 aromatic carbocycles. The zero-order valence-electron chi connectivity index (χ0n) is 16.0. The molecule has 6 nitrogen and oxygen atoms in total. The van der Waals surface area contributed by atoms with Crippen LogP contribution in [-0.2, 0) is 17.6 Å². The van der Waals surface area contributed by atoms with Crippen molar-refractivity contribution >= 4 is 23.4 Å². The topological polar surface area (TPSA) is 85.8 Å². The second-order valence-electron chi connectivity index (χ2n) is 7.13. The minimum absolute atomic E-state index is 0.0807. The van der Waals surface area contributed by atoms with Crippen molar-refractivity contribution in [1.82, 2.24) is 14.9 Å². The zero-order chi connectivity index (χ0) is 19.7. The summed E-state index contributed by atoms with van der Waals surface area (Å²) in [6.07, 6.45) is 3.40. The molecule has 3 N–H and O–H groups in total. The SMILES string of the molecule is Cc1ccc(-c2nnc(S[C@@H](C)C(=O)Nc3ccc4c(c3)CCC4)n2N)cc1. The first-order valence-corrected chi connectivity index (χ1v) is 10.3. The van der Waals surface area contributed by atoms with Gasteiger partial charge in [-0.15, -0.1) is 10.2 Å². The van der Waals surface area contributed by atoms with Crippen molar-refractivity contribution in [1.29, 1.82) is 0 Å². The first-order chi connectivity index (χ1) is 13.5. The van der Waals surface area contributed by atoms with Crippen LogP contribution in [0.2, 0.25) is 0 Å². The average Bonchev–Trinajstić information content (AvgIpc) is 3.29. The van der Waals surface area contributed by atoms with Gasteiger partial charge in [0, 0.05) is 11.3 Å². The highest BCUT2D eigenvalue weighted by atomic mass is 32.2. The maximum atomic E-state index is 12.6. The summed E-state index contributed by atoms with van der Waals surface area (Å²) in [5.41, 5.74) is 5.62. The van der Waals surface area contributed by atoms with Crippen LogP contribution in [0.3, 0.4) is 0 Å². The second-order valence-corrected chi connectivity index (χ2v) is 8.44. The zero-order valence-corrected chi connectivity index (χ0v) is 16.8. The molecule has 28 heavy (non-hydrogen) atoms. The Morgan fingerprint density at radius 3 is 2.68 bits per heavy atom. The van der Waals surface area contributed by atoms with E-state index >= 15 is 0 Å². The quantitative estimate of drug-likeness (QED) is 0.511. The Morgan fingerprint density at radius 2 is 1.89 bits per heavy atom. The fourth-order valence-electron chi connectivity index (χ4n) is 3.36. The number of benzene rings is 2. The van der Waals surface area contributed by atoms with Crippen LogP contribution in [0.25, 0.3) is 11.4 Å². The number of anilines is 1. The van der Waals surface area contributed by atoms with E-state index in [0.717, 1.165) is 24.1 Å². The Hall–Kier alpha value is -2.80. The molecule has 7 heteroatoms. The van der Waals surface area contributed by atoms with Crippen molar-refractivity contribution in [2.24, 2.45) is 0 Å². The molecule has 1 aliphatic rings. The molecule has 0 saturated heterocycles. The number of aryl methyl sites for hydroxylation is 3. The molecule has 0 spiro atoms. The number of thioether (sulfide) groups is 1. The predicted octanol–water partition coefficient (Wildman–Crippen LogP) is 3.58. The molecule has 1 aliphatic carbocycles. The largest absolute Gasteiger partial charge is 0.335 e. The lowest BCUT2D eigenvalue weighted by molar-refractivity contribution is -0.115. The Morgan fingerprint density at radius 1 is 1.14 bits per heavy atom. The lowest BCUT2D eigenvalue weighted by Crippen LogP contribution is -2.23. The molecule has 0 saturated carbocycles. The van der Waals surface area contributed by atoms with E-state index in [1.807, 2.05) is 44.2 Å². The number of nitrogens with zero attached hydrogens (tertiary/aromatic N) is 3. The molecule has 0 aliphatic heterocycles. The van der Waals surface area contributed by atoms with E-state index in [0.29, 0.717) is 11.0 Å². The van der Waals surface area contributed by atoms with Crippen molar-refractivity contribution in [2.45, 2.75) is 43.5 Å². The summed E-state index contributed by atoms with van der Waals surface area (Å²) in [6, 6.07) is 14.1. The Bertz CT molecular complexity index is 1010. The molecule has 0 radical (unpaired) electrons. The van der Waals surface area contributed by atoms with Crippen LogP contribution in [0.4, 0.5) is 5.69 Å². The Kier molecular flexibility index (Phi) is 5.09. The second kappa shape index (κ2) is 7.67. The van der Waals surface area contributed by atoms with Gasteiger partial charge in [-0.05, 0) is 56.4 Å². The normalized spacial score (nSPS) is 13.9. The summed E-state index contributed by atoms with van der Waals surface area (Å²) in [5, 5.41) is 11.5. The van der Waals surface area contributed by atoms with E-state index in [1.54, 1.807) is 0 Å². The first-order valence-electron chi connectivity index (χ1n) is 9.38. The number of carbonyl (C=O) groups is 1. The van der Waals surface area contributed by atoms with E-state index in [2.05, 4.69) is 27.6 Å². The number of amides is 1. The molecule has 1 heterocycles. The van der Waals surface area contributed by atoms with Gasteiger partial charge < -0.3 is 11.2 Å². The summed E-state index contributed by atoms with van der Waals surface area (Å²) in [5.74, 6) is 6.67. The summed E-state index contributed by atoms with van der Waals surface area (Å²) >= 11 is 1.29. The summed E-state index contributed by atoms with van der Waals surface area (Å²) < 4.78 is 1.44. The van der Waals surface area contributed by atoms with Crippen LogP contribution in [0, 0.1) is 6.92 Å². The first kappa shape index (κ1) is 18.6. The average molecular weight is 394 g/mol. The highest BCUT2D eigenvalue weighted by molar-refractivity contribution is 8.00. The molecule has 0 unspecified atom stereocenters. The van der Waals surface area contributed by atoms with Gasteiger partial charge in [0.2, 0.25) is 11.1 Å². The van der Waals surface area contributed by atoms with Gasteiger partial charge in [0.1, 0.15) is 0 Å². The van der Waals surface area contributed by atoms with Crippen molar-refractivity contribution in [3.63, 3.8) is 0 Å². The number of rotatable bonds is 5. The van der Waals surface area contributed by atoms with Crippen LogP contribution >= 0.6 is 11.8 Å². The fourth-order valence-corrected chi connectivity index (χ4v) is 4.13. The molecule has 1 aromatic heterocycles. The monoisotopic (exact) mass is 393 g/mol. The van der Waals surface area contributed by atoms with Gasteiger partial charge in [0.25, 0.3) is 0 Å². The number of nitrogen functional groups attached to an aromatic ring is 1. The molecule has 0 bridgehead atoms. The number of hydrogen-bond acceptors (Lipinski definition) is 5. The summed E-state index contributed by atoms with van der Waals surface area (Å²) in [6.45, 7) is 3.87. The van der Waals surface area contributed by atoms with Gasteiger partial charge in [0.15, 0.2) is 5.82 Å². The standard InChI is InChI=1S/C21H23N5OS/c1-13-6-8-16(9-7-13)19-24-25-21(26(19)22)28-14(2)20(27)23-18-11-10-15-4-3-5-17(15)12-18/h6-12,14H,3-5,22H2,1-2H3,(H,23,27)/t14-/m0/s1. The van der Waals surface area contributed by atoms with Gasteiger partial charge in [-0.2, -0.15) is 0 Å². The molecule has 144 valence electrons. The van der Waals surface area contributed by atoms with Crippen LogP contribution < -0.4 is 11.2 Å². The van der Waals surface area contributed by atoms with Crippen LogP contribution in [0.15, 0.2) is 47.6 Å². The van der Waals surface area contributed by atoms with E-state index in [4.69, 9.17) is 5.84 Å². The highest BCUT2D eigenvalue weighted by Gasteiger charge is 2.20. The Balaban J connectivity index is 1.44. The van der Waals surface area contributed by atoms with E-state index in [-0.39, 0.29) is 11.2 Å². The minimum Gasteiger partial charge on any atom is -0.335 e. The molecule has 0 fully saturated rings. The van der Waals surface area contributed by atoms with Crippen LogP contribution in [0.1, 0.15) is 30.0 Å². The van der Waals surface area contributed by atoms with Crippen molar-refractivity contribution in [2.75, 3.05) is 11.2 Å². The van der Waals surface area contributed by atoms with E-state index in [1.165, 1.54) is 39.5 Å². The fraction of sp³-hybridized carbons (Fsp3) is 0.286. The maximum Gasteiger partial charge on any atom is 0.237 e. The molecular formula is C21H23N5OS. The van der Waals surface area contributed by atoms with Gasteiger partial charge in [-0.25, -0.2) is 4.68 Å². The molecule has 3 aromatic rings.